The Kier molecular flexibility index (Phi) is 6.06. The van der Waals surface area contributed by atoms with Gasteiger partial charge < -0.3 is 10.1 Å². The summed E-state index contributed by atoms with van der Waals surface area (Å²) in [7, 11) is 0. The summed E-state index contributed by atoms with van der Waals surface area (Å²) >= 11 is 0. The Bertz CT molecular complexity index is 482. The molecule has 0 radical (unpaired) electrons. The predicted molar refractivity (Wildman–Crippen MR) is 81.9 cm³/mol. The van der Waals surface area contributed by atoms with E-state index in [4.69, 9.17) is 4.74 Å². The molecule has 1 N–H and O–H groups in total. The van der Waals surface area contributed by atoms with Gasteiger partial charge >= 0.3 is 0 Å². The molecular formula is C17H22N2O. The Labute approximate surface area is 121 Å². The van der Waals surface area contributed by atoms with Gasteiger partial charge in [0.1, 0.15) is 0 Å². The summed E-state index contributed by atoms with van der Waals surface area (Å²) in [5.41, 5.74) is 2.71. The molecule has 0 aliphatic rings. The van der Waals surface area contributed by atoms with Crippen LogP contribution in [0.25, 0.3) is 0 Å². The maximum atomic E-state index is 5.54. The number of pyridine rings is 1. The Balaban J connectivity index is 1.57. The second kappa shape index (κ2) is 8.33. The standard InChI is InChI=1S/C17H22N2O/c1-2-15-7-9-16(10-8-15)14-18-11-5-13-20-17-6-3-4-12-19-17/h3-4,6-10,12,18H,2,5,11,13-14H2,1H3. The minimum Gasteiger partial charge on any atom is -0.478 e. The van der Waals surface area contributed by atoms with Gasteiger partial charge in [-0.1, -0.05) is 37.3 Å². The van der Waals surface area contributed by atoms with Crippen molar-refractivity contribution in [3.8, 4) is 5.88 Å². The molecule has 20 heavy (non-hydrogen) atoms. The van der Waals surface area contributed by atoms with Crippen molar-refractivity contribution in [2.24, 2.45) is 0 Å². The molecule has 0 atom stereocenters. The highest BCUT2D eigenvalue weighted by atomic mass is 16.5. The van der Waals surface area contributed by atoms with Crippen LogP contribution in [0.1, 0.15) is 24.5 Å². The molecule has 0 aliphatic carbocycles. The van der Waals surface area contributed by atoms with Gasteiger partial charge in [-0.25, -0.2) is 4.98 Å². The molecule has 0 spiro atoms. The summed E-state index contributed by atoms with van der Waals surface area (Å²) in [6.45, 7) is 4.73. The van der Waals surface area contributed by atoms with Crippen LogP contribution in [0.3, 0.4) is 0 Å². The molecule has 3 nitrogen and oxygen atoms in total. The number of aryl methyl sites for hydroxylation is 1. The third-order valence-corrected chi connectivity index (χ3v) is 3.15. The van der Waals surface area contributed by atoms with E-state index in [1.807, 2.05) is 18.2 Å². The third kappa shape index (κ3) is 5.02. The van der Waals surface area contributed by atoms with Gasteiger partial charge in [0.2, 0.25) is 5.88 Å². The molecule has 0 saturated heterocycles. The molecule has 0 amide bonds. The number of ether oxygens (including phenoxy) is 1. The summed E-state index contributed by atoms with van der Waals surface area (Å²) < 4.78 is 5.54. The van der Waals surface area contributed by atoms with E-state index in [2.05, 4.69) is 41.5 Å². The van der Waals surface area contributed by atoms with Crippen molar-refractivity contribution in [3.05, 3.63) is 59.8 Å². The zero-order valence-corrected chi connectivity index (χ0v) is 12.0. The topological polar surface area (TPSA) is 34.1 Å². The summed E-state index contributed by atoms with van der Waals surface area (Å²) in [4.78, 5) is 4.12. The first kappa shape index (κ1) is 14.5. The second-order valence-corrected chi connectivity index (χ2v) is 4.72. The molecule has 2 rings (SSSR count). The van der Waals surface area contributed by atoms with Gasteiger partial charge in [-0.05, 0) is 36.6 Å². The van der Waals surface area contributed by atoms with Gasteiger partial charge in [-0.15, -0.1) is 0 Å². The number of rotatable bonds is 8. The predicted octanol–water partition coefficient (Wildman–Crippen LogP) is 3.20. The molecule has 0 saturated carbocycles. The van der Waals surface area contributed by atoms with Gasteiger partial charge in [0.05, 0.1) is 6.61 Å². The molecule has 1 aromatic heterocycles. The zero-order chi connectivity index (χ0) is 14.0. The summed E-state index contributed by atoms with van der Waals surface area (Å²) in [5, 5.41) is 3.43. The van der Waals surface area contributed by atoms with E-state index in [0.29, 0.717) is 12.5 Å². The number of hydrogen-bond acceptors (Lipinski definition) is 3. The summed E-state index contributed by atoms with van der Waals surface area (Å²) in [6, 6.07) is 14.5. The molecule has 0 fully saturated rings. The molecule has 2 aromatic rings. The molecular weight excluding hydrogens is 248 g/mol. The Morgan fingerprint density at radius 1 is 1.05 bits per heavy atom. The minimum atomic E-state index is 0.693. The average molecular weight is 270 g/mol. The first-order chi connectivity index (χ1) is 9.88. The molecule has 0 bridgehead atoms. The van der Waals surface area contributed by atoms with E-state index >= 15 is 0 Å². The van der Waals surface area contributed by atoms with Crippen LogP contribution in [0.4, 0.5) is 0 Å². The summed E-state index contributed by atoms with van der Waals surface area (Å²) in [6.07, 6.45) is 3.82. The van der Waals surface area contributed by atoms with E-state index in [1.165, 1.54) is 11.1 Å². The monoisotopic (exact) mass is 270 g/mol. The van der Waals surface area contributed by atoms with Crippen molar-refractivity contribution in [2.75, 3.05) is 13.2 Å². The van der Waals surface area contributed by atoms with Crippen LogP contribution >= 0.6 is 0 Å². The molecule has 0 aliphatic heterocycles. The van der Waals surface area contributed by atoms with Crippen LogP contribution in [-0.4, -0.2) is 18.1 Å². The van der Waals surface area contributed by atoms with Gasteiger partial charge in [0.25, 0.3) is 0 Å². The van der Waals surface area contributed by atoms with Crippen LogP contribution in [0, 0.1) is 0 Å². The fourth-order valence-corrected chi connectivity index (χ4v) is 1.93. The molecule has 1 heterocycles. The normalized spacial score (nSPS) is 10.4. The van der Waals surface area contributed by atoms with Crippen LogP contribution < -0.4 is 10.1 Å². The number of hydrogen-bond donors (Lipinski definition) is 1. The zero-order valence-electron chi connectivity index (χ0n) is 12.0. The van der Waals surface area contributed by atoms with Crippen molar-refractivity contribution in [3.63, 3.8) is 0 Å². The summed E-state index contributed by atoms with van der Waals surface area (Å²) in [5.74, 6) is 0.697. The quantitative estimate of drug-likeness (QED) is 0.748. The van der Waals surface area contributed by atoms with E-state index in [9.17, 15) is 0 Å². The lowest BCUT2D eigenvalue weighted by Gasteiger charge is -2.07. The van der Waals surface area contributed by atoms with Crippen molar-refractivity contribution < 1.29 is 4.74 Å². The lowest BCUT2D eigenvalue weighted by Crippen LogP contribution is -2.17. The molecule has 1 aromatic carbocycles. The lowest BCUT2D eigenvalue weighted by atomic mass is 10.1. The fourth-order valence-electron chi connectivity index (χ4n) is 1.93. The van der Waals surface area contributed by atoms with Gasteiger partial charge in [0, 0.05) is 18.8 Å². The number of aromatic nitrogens is 1. The highest BCUT2D eigenvalue weighted by Gasteiger charge is 1.95. The molecule has 106 valence electrons. The largest absolute Gasteiger partial charge is 0.478 e. The Morgan fingerprint density at radius 2 is 1.85 bits per heavy atom. The lowest BCUT2D eigenvalue weighted by molar-refractivity contribution is 0.296. The van der Waals surface area contributed by atoms with Crippen molar-refractivity contribution in [2.45, 2.75) is 26.3 Å². The van der Waals surface area contributed by atoms with Gasteiger partial charge in [0.15, 0.2) is 0 Å². The maximum Gasteiger partial charge on any atom is 0.213 e. The Hall–Kier alpha value is -1.87. The fraction of sp³-hybridized carbons (Fsp3) is 0.353. The average Bonchev–Trinajstić information content (AvgIpc) is 2.52. The van der Waals surface area contributed by atoms with Gasteiger partial charge in [-0.2, -0.15) is 0 Å². The van der Waals surface area contributed by atoms with Crippen LogP contribution in [-0.2, 0) is 13.0 Å². The van der Waals surface area contributed by atoms with Gasteiger partial charge in [-0.3, -0.25) is 0 Å². The highest BCUT2D eigenvalue weighted by Crippen LogP contribution is 2.05. The highest BCUT2D eigenvalue weighted by molar-refractivity contribution is 5.22. The first-order valence-electron chi connectivity index (χ1n) is 7.21. The van der Waals surface area contributed by atoms with Crippen molar-refractivity contribution in [1.82, 2.24) is 10.3 Å². The maximum absolute atomic E-state index is 5.54. The number of benzene rings is 1. The SMILES string of the molecule is CCc1ccc(CNCCCOc2ccccn2)cc1. The second-order valence-electron chi connectivity index (χ2n) is 4.72. The number of nitrogens with zero attached hydrogens (tertiary/aromatic N) is 1. The molecule has 3 heteroatoms. The van der Waals surface area contributed by atoms with E-state index < -0.39 is 0 Å². The molecule has 0 unspecified atom stereocenters. The smallest absolute Gasteiger partial charge is 0.213 e. The van der Waals surface area contributed by atoms with Crippen molar-refractivity contribution >= 4 is 0 Å². The Morgan fingerprint density at radius 3 is 2.55 bits per heavy atom. The van der Waals surface area contributed by atoms with Crippen LogP contribution in [0.2, 0.25) is 0 Å². The number of nitrogens with one attached hydrogen (secondary N) is 1. The third-order valence-electron chi connectivity index (χ3n) is 3.15. The first-order valence-corrected chi connectivity index (χ1v) is 7.21. The van der Waals surface area contributed by atoms with E-state index in [0.717, 1.165) is 25.9 Å². The van der Waals surface area contributed by atoms with E-state index in [-0.39, 0.29) is 0 Å². The van der Waals surface area contributed by atoms with E-state index in [1.54, 1.807) is 6.20 Å². The minimum absolute atomic E-state index is 0.693. The van der Waals surface area contributed by atoms with Crippen molar-refractivity contribution in [1.29, 1.82) is 0 Å². The van der Waals surface area contributed by atoms with Crippen LogP contribution in [0.15, 0.2) is 48.7 Å². The van der Waals surface area contributed by atoms with Crippen LogP contribution in [0.5, 0.6) is 5.88 Å².